The van der Waals surface area contributed by atoms with Gasteiger partial charge in [0.15, 0.2) is 5.78 Å². The second kappa shape index (κ2) is 13.8. The Kier molecular flexibility index (Phi) is 10.9. The normalized spacial score (nSPS) is 12.0. The Labute approximate surface area is 260 Å². The van der Waals surface area contributed by atoms with Crippen molar-refractivity contribution in [3.63, 3.8) is 0 Å². The molecule has 5 aromatic rings. The molecule has 1 aromatic carbocycles. The van der Waals surface area contributed by atoms with Gasteiger partial charge >= 0.3 is 0 Å². The van der Waals surface area contributed by atoms with Crippen LogP contribution >= 0.6 is 11.3 Å². The number of fused-ring (bicyclic) bond motifs is 4. The molecule has 0 aliphatic carbocycles. The number of benzene rings is 1. The maximum atomic E-state index is 11.0. The van der Waals surface area contributed by atoms with E-state index in [2.05, 4.69) is 68.1 Å². The number of rotatable bonds is 6. The van der Waals surface area contributed by atoms with Gasteiger partial charge in [0.25, 0.3) is 0 Å². The minimum atomic E-state index is -0.0316. The maximum absolute atomic E-state index is 11.0. The molecule has 0 saturated carbocycles. The molecule has 4 heterocycles. The number of aromatic nitrogens is 3. The fourth-order valence-electron chi connectivity index (χ4n) is 4.38. The van der Waals surface area contributed by atoms with Crippen LogP contribution in [-0.4, -0.2) is 25.8 Å². The molecule has 0 bridgehead atoms. The van der Waals surface area contributed by atoms with E-state index in [-0.39, 0.29) is 43.5 Å². The average molecular weight is 745 g/mol. The van der Waals surface area contributed by atoms with Gasteiger partial charge in [-0.05, 0) is 62.6 Å². The summed E-state index contributed by atoms with van der Waals surface area (Å²) in [5.74, 6) is 1.08. The van der Waals surface area contributed by atoms with Crippen molar-refractivity contribution in [2.75, 3.05) is 0 Å². The Morgan fingerprint density at radius 3 is 2.22 bits per heavy atom. The number of aliphatic hydroxyl groups excluding tert-OH is 1. The molecule has 7 heteroatoms. The predicted octanol–water partition coefficient (Wildman–Crippen LogP) is 9.41. The van der Waals surface area contributed by atoms with Crippen LogP contribution in [-0.2, 0) is 24.9 Å². The summed E-state index contributed by atoms with van der Waals surface area (Å²) in [6.07, 6.45) is 12.3. The van der Waals surface area contributed by atoms with Crippen molar-refractivity contribution in [2.45, 2.75) is 67.2 Å². The number of pyridine rings is 3. The van der Waals surface area contributed by atoms with Gasteiger partial charge in [0.2, 0.25) is 0 Å². The largest absolute Gasteiger partial charge is 0.512 e. The molecule has 4 aromatic heterocycles. The zero-order valence-electron chi connectivity index (χ0n) is 24.9. The van der Waals surface area contributed by atoms with Crippen LogP contribution in [0.2, 0.25) is 0 Å². The van der Waals surface area contributed by atoms with Gasteiger partial charge in [-0.2, -0.15) is 11.3 Å². The average Bonchev–Trinajstić information content (AvgIpc) is 3.31. The summed E-state index contributed by atoms with van der Waals surface area (Å²) >= 11 is 1.80. The fourth-order valence-corrected chi connectivity index (χ4v) is 5.78. The molecule has 5 rings (SSSR count). The molecule has 0 unspecified atom stereocenters. The van der Waals surface area contributed by atoms with Crippen molar-refractivity contribution in [3.8, 4) is 11.3 Å². The molecule has 0 spiro atoms. The van der Waals surface area contributed by atoms with Gasteiger partial charge in [-0.3, -0.25) is 9.78 Å². The Hall–Kier alpha value is -2.99. The number of carbonyl (C=O) groups excluding carboxylic acids is 1. The van der Waals surface area contributed by atoms with Crippen LogP contribution in [0.4, 0.5) is 0 Å². The smallest absolute Gasteiger partial charge is 0.161 e. The van der Waals surface area contributed by atoms with Gasteiger partial charge in [-0.15, -0.1) is 0 Å². The van der Waals surface area contributed by atoms with Crippen molar-refractivity contribution in [1.29, 1.82) is 0 Å². The SMILES string of the molecule is CC(C)C(=O)/C=C(\O)C(C)C.CC(C)c1ccc2c(-c3[c-]ncc4c3sc3c(C(C)C)cncc34)nccc2c1.[Ir]. The zero-order valence-corrected chi connectivity index (χ0v) is 28.2. The molecular weight excluding hydrogens is 707 g/mol. The molecule has 0 amide bonds. The predicted molar refractivity (Wildman–Crippen MR) is 168 cm³/mol. The molecule has 1 radical (unpaired) electrons. The zero-order chi connectivity index (χ0) is 29.1. The number of thiophene rings is 1. The summed E-state index contributed by atoms with van der Waals surface area (Å²) in [4.78, 5) is 24.7. The van der Waals surface area contributed by atoms with Crippen molar-refractivity contribution in [3.05, 3.63) is 78.2 Å². The van der Waals surface area contributed by atoms with Crippen LogP contribution in [0.25, 0.3) is 42.2 Å². The topological polar surface area (TPSA) is 76.0 Å². The van der Waals surface area contributed by atoms with E-state index in [0.717, 1.165) is 22.0 Å². The first kappa shape index (κ1) is 32.5. The number of carbonyl (C=O) groups is 1. The number of allylic oxidation sites excluding steroid dienone is 2. The molecular formula is C34H38IrN3O2S-. The van der Waals surface area contributed by atoms with Crippen LogP contribution in [0.5, 0.6) is 0 Å². The maximum Gasteiger partial charge on any atom is 0.161 e. The van der Waals surface area contributed by atoms with Crippen molar-refractivity contribution >= 4 is 48.1 Å². The van der Waals surface area contributed by atoms with Crippen LogP contribution in [0.1, 0.15) is 78.4 Å². The molecule has 0 aliphatic heterocycles. The van der Waals surface area contributed by atoms with Gasteiger partial charge in [-0.25, -0.2) is 0 Å². The Morgan fingerprint density at radius 1 is 0.878 bits per heavy atom. The van der Waals surface area contributed by atoms with Crippen molar-refractivity contribution in [1.82, 2.24) is 15.0 Å². The van der Waals surface area contributed by atoms with Gasteiger partial charge in [0, 0.05) is 66.7 Å². The van der Waals surface area contributed by atoms with E-state index in [0.29, 0.717) is 11.8 Å². The summed E-state index contributed by atoms with van der Waals surface area (Å²) in [6, 6.07) is 8.75. The minimum absolute atomic E-state index is 0. The van der Waals surface area contributed by atoms with Gasteiger partial charge in [0.1, 0.15) is 0 Å². The van der Waals surface area contributed by atoms with Crippen LogP contribution < -0.4 is 0 Å². The van der Waals surface area contributed by atoms with Crippen LogP contribution in [0, 0.1) is 18.0 Å². The first-order chi connectivity index (χ1) is 19.0. The molecule has 5 nitrogen and oxygen atoms in total. The third kappa shape index (κ3) is 7.09. The third-order valence-corrected chi connectivity index (χ3v) is 8.31. The quantitative estimate of drug-likeness (QED) is 0.107. The van der Waals surface area contributed by atoms with E-state index in [9.17, 15) is 9.90 Å². The van der Waals surface area contributed by atoms with Gasteiger partial charge < -0.3 is 15.1 Å². The number of ketones is 1. The Bertz CT molecular complexity index is 1700. The van der Waals surface area contributed by atoms with Crippen molar-refractivity contribution in [2.24, 2.45) is 11.8 Å². The van der Waals surface area contributed by atoms with E-state index < -0.39 is 0 Å². The first-order valence-electron chi connectivity index (χ1n) is 13.9. The molecule has 0 saturated heterocycles. The first-order valence-corrected chi connectivity index (χ1v) is 14.7. The van der Waals surface area contributed by atoms with E-state index in [1.54, 1.807) is 11.3 Å². The minimum Gasteiger partial charge on any atom is -0.512 e. The number of hydrogen-bond donors (Lipinski definition) is 1. The number of nitrogens with zero attached hydrogens (tertiary/aromatic N) is 3. The molecule has 1 N–H and O–H groups in total. The molecule has 217 valence electrons. The number of aliphatic hydroxyl groups is 1. The van der Waals surface area contributed by atoms with E-state index in [1.807, 2.05) is 52.5 Å². The summed E-state index contributed by atoms with van der Waals surface area (Å²) in [5, 5.41) is 13.8. The van der Waals surface area contributed by atoms with E-state index in [1.165, 1.54) is 37.4 Å². The van der Waals surface area contributed by atoms with E-state index >= 15 is 0 Å². The fraction of sp³-hybridized carbons (Fsp3) is 0.353. The standard InChI is InChI=1S/C25H22N3S.C9H16O2.Ir/c1-14(2)16-5-6-18-17(9-16)7-8-28-23(18)22-13-27-12-21-20-11-26-10-19(15(3)4)24(20)29-25(21)22;1-6(2)8(10)5-9(11)7(3)4;/h5-12,14-15H,1-4H3;5-7,10H,1-4H3;/q-1;;/b;8-5-;. The molecule has 0 fully saturated rings. The summed E-state index contributed by atoms with van der Waals surface area (Å²) in [6.45, 7) is 16.2. The van der Waals surface area contributed by atoms with Gasteiger partial charge in [-0.1, -0.05) is 84.5 Å². The Balaban J connectivity index is 0.000000331. The number of hydrogen-bond acceptors (Lipinski definition) is 6. The molecule has 0 aliphatic rings. The summed E-state index contributed by atoms with van der Waals surface area (Å²) in [7, 11) is 0. The van der Waals surface area contributed by atoms with E-state index in [4.69, 9.17) is 4.98 Å². The summed E-state index contributed by atoms with van der Waals surface area (Å²) < 4.78 is 2.47. The van der Waals surface area contributed by atoms with Gasteiger partial charge in [0.05, 0.1) is 5.76 Å². The third-order valence-electron chi connectivity index (χ3n) is 7.02. The molecule has 0 atom stereocenters. The second-order valence-electron chi connectivity index (χ2n) is 11.4. The second-order valence-corrected chi connectivity index (χ2v) is 12.4. The van der Waals surface area contributed by atoms with Crippen LogP contribution in [0.15, 0.2) is 60.9 Å². The molecule has 41 heavy (non-hydrogen) atoms. The van der Waals surface area contributed by atoms with Crippen molar-refractivity contribution < 1.29 is 30.0 Å². The Morgan fingerprint density at radius 2 is 1.59 bits per heavy atom. The monoisotopic (exact) mass is 745 g/mol. The summed E-state index contributed by atoms with van der Waals surface area (Å²) in [5.41, 5.74) is 4.54. The van der Waals surface area contributed by atoms with Crippen LogP contribution in [0.3, 0.4) is 0 Å².